The first-order valence-electron chi connectivity index (χ1n) is 5.34. The van der Waals surface area contributed by atoms with Gasteiger partial charge in [0.25, 0.3) is 0 Å². The Morgan fingerprint density at radius 3 is 2.78 bits per heavy atom. The molecule has 18 heavy (non-hydrogen) atoms. The monoisotopic (exact) mass is 281 g/mol. The summed E-state index contributed by atoms with van der Waals surface area (Å²) in [7, 11) is 0. The number of ether oxygens (including phenoxy) is 1. The number of halogens is 4. The molecule has 100 valence electrons. The Kier molecular flexibility index (Phi) is 3.63. The number of aromatic nitrogens is 2. The van der Waals surface area contributed by atoms with Crippen molar-refractivity contribution in [3.05, 3.63) is 17.0 Å². The Morgan fingerprint density at radius 2 is 2.17 bits per heavy atom. The second-order valence-corrected chi connectivity index (χ2v) is 4.37. The Morgan fingerprint density at radius 1 is 1.44 bits per heavy atom. The number of anilines is 1. The van der Waals surface area contributed by atoms with Crippen molar-refractivity contribution in [1.82, 2.24) is 9.97 Å². The number of rotatable bonds is 1. The summed E-state index contributed by atoms with van der Waals surface area (Å²) in [6.45, 7) is 3.23. The number of nitrogens with zero attached hydrogens (tertiary/aromatic N) is 3. The fourth-order valence-electron chi connectivity index (χ4n) is 1.75. The lowest BCUT2D eigenvalue weighted by molar-refractivity contribution is -0.144. The van der Waals surface area contributed by atoms with Gasteiger partial charge in [0.05, 0.1) is 19.3 Å². The van der Waals surface area contributed by atoms with E-state index in [9.17, 15) is 13.2 Å². The molecule has 1 fully saturated rings. The molecule has 0 radical (unpaired) electrons. The molecule has 0 spiro atoms. The summed E-state index contributed by atoms with van der Waals surface area (Å²) < 4.78 is 43.0. The molecule has 2 heterocycles. The molecule has 1 aliphatic heterocycles. The van der Waals surface area contributed by atoms with Gasteiger partial charge in [0.2, 0.25) is 5.82 Å². The van der Waals surface area contributed by atoms with Crippen LogP contribution < -0.4 is 4.90 Å². The van der Waals surface area contributed by atoms with Crippen LogP contribution in [0.2, 0.25) is 5.15 Å². The normalized spacial score (nSPS) is 21.2. The van der Waals surface area contributed by atoms with Gasteiger partial charge in [-0.15, -0.1) is 0 Å². The van der Waals surface area contributed by atoms with E-state index in [0.29, 0.717) is 19.8 Å². The zero-order valence-electron chi connectivity index (χ0n) is 9.54. The van der Waals surface area contributed by atoms with Gasteiger partial charge >= 0.3 is 6.18 Å². The lowest BCUT2D eigenvalue weighted by atomic mass is 10.2. The summed E-state index contributed by atoms with van der Waals surface area (Å²) in [5.41, 5.74) is 0. The van der Waals surface area contributed by atoms with E-state index in [2.05, 4.69) is 9.97 Å². The van der Waals surface area contributed by atoms with E-state index in [4.69, 9.17) is 16.3 Å². The lowest BCUT2D eigenvalue weighted by Crippen LogP contribution is -2.44. The molecule has 4 nitrogen and oxygen atoms in total. The first kappa shape index (κ1) is 13.4. The van der Waals surface area contributed by atoms with Crippen LogP contribution >= 0.6 is 11.6 Å². The Balaban J connectivity index is 2.35. The predicted octanol–water partition coefficient (Wildman–Crippen LogP) is 2.37. The minimum atomic E-state index is -4.60. The van der Waals surface area contributed by atoms with E-state index in [0.717, 1.165) is 0 Å². The number of morpholine rings is 1. The predicted molar refractivity (Wildman–Crippen MR) is 59.7 cm³/mol. The van der Waals surface area contributed by atoms with Crippen LogP contribution in [0.1, 0.15) is 12.7 Å². The highest BCUT2D eigenvalue weighted by molar-refractivity contribution is 6.29. The average Bonchev–Trinajstić information content (AvgIpc) is 2.27. The first-order valence-corrected chi connectivity index (χ1v) is 5.72. The van der Waals surface area contributed by atoms with Gasteiger partial charge in [-0.3, -0.25) is 0 Å². The summed E-state index contributed by atoms with van der Waals surface area (Å²) in [5, 5.41) is -0.217. The molecule has 1 unspecified atom stereocenters. The summed E-state index contributed by atoms with van der Waals surface area (Å²) in [6.07, 6.45) is -4.60. The minimum absolute atomic E-state index is 0.0502. The van der Waals surface area contributed by atoms with Crippen molar-refractivity contribution in [2.45, 2.75) is 19.1 Å². The van der Waals surface area contributed by atoms with Crippen LogP contribution in [0.4, 0.5) is 19.0 Å². The molecule has 1 aromatic rings. The van der Waals surface area contributed by atoms with Crippen molar-refractivity contribution in [3.8, 4) is 0 Å². The third kappa shape index (κ3) is 2.84. The molecule has 0 aliphatic carbocycles. The van der Waals surface area contributed by atoms with Crippen LogP contribution in [0.5, 0.6) is 0 Å². The van der Waals surface area contributed by atoms with Gasteiger partial charge in [-0.2, -0.15) is 13.2 Å². The molecule has 0 amide bonds. The maximum absolute atomic E-state index is 12.6. The average molecular weight is 282 g/mol. The van der Waals surface area contributed by atoms with Crippen molar-refractivity contribution in [2.75, 3.05) is 24.7 Å². The molecule has 8 heteroatoms. The fourth-order valence-corrected chi connectivity index (χ4v) is 1.92. The molecule has 2 rings (SSSR count). The van der Waals surface area contributed by atoms with Gasteiger partial charge in [-0.05, 0) is 6.92 Å². The quantitative estimate of drug-likeness (QED) is 0.741. The van der Waals surface area contributed by atoms with Crippen molar-refractivity contribution < 1.29 is 17.9 Å². The van der Waals surface area contributed by atoms with Crippen LogP contribution in [-0.2, 0) is 10.9 Å². The minimum Gasteiger partial charge on any atom is -0.377 e. The van der Waals surface area contributed by atoms with Gasteiger partial charge in [0.15, 0.2) is 0 Å². The Hall–Kier alpha value is -1.08. The SMILES string of the molecule is CC1COCCN1c1cc(Cl)nc(C(F)(F)F)n1. The van der Waals surface area contributed by atoms with Crippen LogP contribution in [-0.4, -0.2) is 35.8 Å². The topological polar surface area (TPSA) is 38.2 Å². The zero-order valence-corrected chi connectivity index (χ0v) is 10.3. The highest BCUT2D eigenvalue weighted by Gasteiger charge is 2.36. The third-order valence-corrected chi connectivity index (χ3v) is 2.79. The molecule has 1 atom stereocenters. The first-order chi connectivity index (χ1) is 8.38. The maximum atomic E-state index is 12.6. The van der Waals surface area contributed by atoms with Gasteiger partial charge in [0, 0.05) is 12.6 Å². The summed E-state index contributed by atoms with van der Waals surface area (Å²) >= 11 is 5.61. The van der Waals surface area contributed by atoms with E-state index in [1.54, 1.807) is 4.90 Å². The molecule has 0 saturated carbocycles. The second-order valence-electron chi connectivity index (χ2n) is 3.99. The molecule has 0 N–H and O–H groups in total. The van der Waals surface area contributed by atoms with Crippen molar-refractivity contribution in [3.63, 3.8) is 0 Å². The standard InChI is InChI=1S/C10H11ClF3N3O/c1-6-5-18-3-2-17(6)8-4-7(11)15-9(16-8)10(12,13)14/h4,6H,2-3,5H2,1H3. The number of alkyl halides is 3. The molecule has 1 saturated heterocycles. The van der Waals surface area contributed by atoms with Crippen LogP contribution in [0, 0.1) is 0 Å². The highest BCUT2D eigenvalue weighted by atomic mass is 35.5. The Labute approximate surface area is 107 Å². The van der Waals surface area contributed by atoms with E-state index in [1.807, 2.05) is 6.92 Å². The number of hydrogen-bond acceptors (Lipinski definition) is 4. The smallest absolute Gasteiger partial charge is 0.377 e. The zero-order chi connectivity index (χ0) is 13.3. The molecule has 0 aromatic carbocycles. The number of hydrogen-bond donors (Lipinski definition) is 0. The van der Waals surface area contributed by atoms with Crippen molar-refractivity contribution in [2.24, 2.45) is 0 Å². The fraction of sp³-hybridized carbons (Fsp3) is 0.600. The molecular formula is C10H11ClF3N3O. The second kappa shape index (κ2) is 4.89. The molecule has 1 aromatic heterocycles. The summed E-state index contributed by atoms with van der Waals surface area (Å²) in [5.74, 6) is -1.04. The van der Waals surface area contributed by atoms with Crippen molar-refractivity contribution >= 4 is 17.4 Å². The van der Waals surface area contributed by atoms with E-state index < -0.39 is 12.0 Å². The summed E-state index contributed by atoms with van der Waals surface area (Å²) in [4.78, 5) is 8.45. The lowest BCUT2D eigenvalue weighted by Gasteiger charge is -2.34. The molecule has 1 aliphatic rings. The van der Waals surface area contributed by atoms with E-state index in [-0.39, 0.29) is 17.0 Å². The van der Waals surface area contributed by atoms with Crippen molar-refractivity contribution in [1.29, 1.82) is 0 Å². The van der Waals surface area contributed by atoms with Crippen LogP contribution in [0.3, 0.4) is 0 Å². The van der Waals surface area contributed by atoms with E-state index in [1.165, 1.54) is 6.07 Å². The molecule has 0 bridgehead atoms. The third-order valence-electron chi connectivity index (χ3n) is 2.60. The largest absolute Gasteiger partial charge is 0.451 e. The summed E-state index contributed by atoms with van der Waals surface area (Å²) in [6, 6.07) is 1.28. The van der Waals surface area contributed by atoms with Gasteiger partial charge in [-0.1, -0.05) is 11.6 Å². The highest BCUT2D eigenvalue weighted by Crippen LogP contribution is 2.29. The Bertz CT molecular complexity index is 441. The van der Waals surface area contributed by atoms with Gasteiger partial charge < -0.3 is 9.64 Å². The van der Waals surface area contributed by atoms with Crippen LogP contribution in [0.25, 0.3) is 0 Å². The van der Waals surface area contributed by atoms with Gasteiger partial charge in [-0.25, -0.2) is 9.97 Å². The van der Waals surface area contributed by atoms with Crippen LogP contribution in [0.15, 0.2) is 6.07 Å². The van der Waals surface area contributed by atoms with E-state index >= 15 is 0 Å². The van der Waals surface area contributed by atoms with Gasteiger partial charge in [0.1, 0.15) is 11.0 Å². The maximum Gasteiger partial charge on any atom is 0.451 e. The molecular weight excluding hydrogens is 271 g/mol.